The van der Waals surface area contributed by atoms with E-state index in [0.29, 0.717) is 12.0 Å². The average molecular weight is 318 g/mol. The molecule has 0 unspecified atom stereocenters. The summed E-state index contributed by atoms with van der Waals surface area (Å²) in [6.07, 6.45) is 4.47. The number of amides is 1. The van der Waals surface area contributed by atoms with Crippen molar-refractivity contribution in [1.29, 1.82) is 0 Å². The molecule has 0 radical (unpaired) electrons. The van der Waals surface area contributed by atoms with Crippen LogP contribution in [0.4, 0.5) is 0 Å². The molecular formula is C16H18N2O3S. The first-order chi connectivity index (χ1) is 10.5. The van der Waals surface area contributed by atoms with Crippen LogP contribution >= 0.6 is 0 Å². The van der Waals surface area contributed by atoms with E-state index in [2.05, 4.69) is 9.88 Å². The van der Waals surface area contributed by atoms with Crippen molar-refractivity contribution in [2.24, 2.45) is 0 Å². The second-order valence-corrected chi connectivity index (χ2v) is 7.85. The summed E-state index contributed by atoms with van der Waals surface area (Å²) in [4.78, 5) is 12.1. The molecule has 1 aliphatic heterocycles. The second kappa shape index (κ2) is 5.96. The van der Waals surface area contributed by atoms with Crippen LogP contribution in [-0.4, -0.2) is 36.4 Å². The molecule has 0 saturated carbocycles. The number of sulfone groups is 1. The van der Waals surface area contributed by atoms with E-state index < -0.39 is 9.84 Å². The minimum absolute atomic E-state index is 0.0461. The van der Waals surface area contributed by atoms with E-state index in [9.17, 15) is 13.2 Å². The van der Waals surface area contributed by atoms with Gasteiger partial charge < -0.3 is 9.88 Å². The number of carbonyl (C=O) groups excluding carboxylic acids is 1. The van der Waals surface area contributed by atoms with Gasteiger partial charge in [0.25, 0.3) is 5.91 Å². The zero-order chi connectivity index (χ0) is 15.6. The highest BCUT2D eigenvalue weighted by molar-refractivity contribution is 7.91. The molecule has 1 atom stereocenters. The molecule has 2 aromatic rings. The van der Waals surface area contributed by atoms with E-state index in [4.69, 9.17) is 0 Å². The minimum atomic E-state index is -2.98. The lowest BCUT2D eigenvalue weighted by Crippen LogP contribution is -2.35. The molecule has 2 heterocycles. The molecule has 1 aliphatic rings. The van der Waals surface area contributed by atoms with Gasteiger partial charge in [-0.15, -0.1) is 0 Å². The highest BCUT2D eigenvalue weighted by Crippen LogP contribution is 2.13. The van der Waals surface area contributed by atoms with Crippen LogP contribution in [0.2, 0.25) is 0 Å². The van der Waals surface area contributed by atoms with Crippen LogP contribution in [0.1, 0.15) is 22.3 Å². The Morgan fingerprint density at radius 3 is 2.45 bits per heavy atom. The number of benzene rings is 1. The summed E-state index contributed by atoms with van der Waals surface area (Å²) < 4.78 is 24.9. The Labute approximate surface area is 129 Å². The van der Waals surface area contributed by atoms with Crippen LogP contribution in [0.5, 0.6) is 0 Å². The number of nitrogens with one attached hydrogen (secondary N) is 1. The van der Waals surface area contributed by atoms with Crippen LogP contribution in [-0.2, 0) is 16.4 Å². The van der Waals surface area contributed by atoms with Gasteiger partial charge in [-0.1, -0.05) is 12.1 Å². The summed E-state index contributed by atoms with van der Waals surface area (Å²) in [6, 6.07) is 11.1. The standard InChI is InChI=1S/C16H18N2O3S/c19-16(17-15-7-10-22(20,21)12-15)14-5-3-13(4-6-14)11-18-8-1-2-9-18/h1-6,8-9,15H,7,10-12H2,(H,17,19)/t15-/m0/s1. The van der Waals surface area contributed by atoms with E-state index in [0.717, 1.165) is 12.1 Å². The van der Waals surface area contributed by atoms with Crippen LogP contribution < -0.4 is 5.32 Å². The number of aromatic nitrogens is 1. The Bertz CT molecular complexity index is 749. The third-order valence-electron chi connectivity index (χ3n) is 3.82. The van der Waals surface area contributed by atoms with E-state index in [1.54, 1.807) is 12.1 Å². The topological polar surface area (TPSA) is 68.2 Å². The summed E-state index contributed by atoms with van der Waals surface area (Å²) in [6.45, 7) is 0.760. The summed E-state index contributed by atoms with van der Waals surface area (Å²) in [5.74, 6) is -0.00676. The van der Waals surface area contributed by atoms with Crippen LogP contribution in [0.3, 0.4) is 0 Å². The van der Waals surface area contributed by atoms with Gasteiger partial charge >= 0.3 is 0 Å². The van der Waals surface area contributed by atoms with E-state index >= 15 is 0 Å². The molecule has 1 aromatic heterocycles. The predicted octanol–water partition coefficient (Wildman–Crippen LogP) is 1.45. The Hall–Kier alpha value is -2.08. The molecule has 3 rings (SSSR count). The Balaban J connectivity index is 1.61. The van der Waals surface area contributed by atoms with Crippen LogP contribution in [0.15, 0.2) is 48.8 Å². The molecule has 22 heavy (non-hydrogen) atoms. The highest BCUT2D eigenvalue weighted by Gasteiger charge is 2.29. The van der Waals surface area contributed by atoms with Crippen molar-refractivity contribution in [3.8, 4) is 0 Å². The largest absolute Gasteiger partial charge is 0.350 e. The Morgan fingerprint density at radius 2 is 1.86 bits per heavy atom. The molecular weight excluding hydrogens is 300 g/mol. The van der Waals surface area contributed by atoms with Gasteiger partial charge in [-0.05, 0) is 36.2 Å². The third-order valence-corrected chi connectivity index (χ3v) is 5.58. The van der Waals surface area contributed by atoms with Crippen molar-refractivity contribution < 1.29 is 13.2 Å². The summed E-state index contributed by atoms with van der Waals surface area (Å²) >= 11 is 0. The molecule has 1 fully saturated rings. The quantitative estimate of drug-likeness (QED) is 0.928. The zero-order valence-corrected chi connectivity index (χ0v) is 12.9. The lowest BCUT2D eigenvalue weighted by molar-refractivity contribution is 0.0941. The normalized spacial score (nSPS) is 19.9. The first kappa shape index (κ1) is 14.8. The Morgan fingerprint density at radius 1 is 1.18 bits per heavy atom. The summed E-state index contributed by atoms with van der Waals surface area (Å²) in [5, 5.41) is 2.79. The molecule has 5 nitrogen and oxygen atoms in total. The molecule has 1 amide bonds. The van der Waals surface area contributed by atoms with Crippen LogP contribution in [0, 0.1) is 0 Å². The highest BCUT2D eigenvalue weighted by atomic mass is 32.2. The lowest BCUT2D eigenvalue weighted by Gasteiger charge is -2.11. The lowest BCUT2D eigenvalue weighted by atomic mass is 10.1. The number of hydrogen-bond donors (Lipinski definition) is 1. The van der Waals surface area contributed by atoms with Crippen molar-refractivity contribution in [3.05, 3.63) is 59.9 Å². The summed E-state index contributed by atoms with van der Waals surface area (Å²) in [7, 11) is -2.98. The number of nitrogens with zero attached hydrogens (tertiary/aromatic N) is 1. The van der Waals surface area contributed by atoms with Gasteiger partial charge in [0.15, 0.2) is 9.84 Å². The van der Waals surface area contributed by atoms with Gasteiger partial charge in [0.05, 0.1) is 11.5 Å². The van der Waals surface area contributed by atoms with Gasteiger partial charge in [0, 0.05) is 30.5 Å². The summed E-state index contributed by atoms with van der Waals surface area (Å²) in [5.41, 5.74) is 1.66. The Kier molecular flexibility index (Phi) is 4.02. The van der Waals surface area contributed by atoms with Crippen molar-refractivity contribution in [2.45, 2.75) is 19.0 Å². The molecule has 0 bridgehead atoms. The first-order valence-corrected chi connectivity index (χ1v) is 9.05. The van der Waals surface area contributed by atoms with Crippen molar-refractivity contribution in [3.63, 3.8) is 0 Å². The molecule has 0 spiro atoms. The zero-order valence-electron chi connectivity index (χ0n) is 12.1. The monoisotopic (exact) mass is 318 g/mol. The van der Waals surface area contributed by atoms with E-state index in [1.807, 2.05) is 36.7 Å². The van der Waals surface area contributed by atoms with Gasteiger partial charge in [-0.3, -0.25) is 4.79 Å². The maximum absolute atomic E-state index is 12.1. The van der Waals surface area contributed by atoms with E-state index in [1.165, 1.54) is 0 Å². The fourth-order valence-corrected chi connectivity index (χ4v) is 4.30. The fourth-order valence-electron chi connectivity index (χ4n) is 2.63. The van der Waals surface area contributed by atoms with E-state index in [-0.39, 0.29) is 23.5 Å². The maximum atomic E-state index is 12.1. The maximum Gasteiger partial charge on any atom is 0.251 e. The van der Waals surface area contributed by atoms with Crippen molar-refractivity contribution in [1.82, 2.24) is 9.88 Å². The van der Waals surface area contributed by atoms with Gasteiger partial charge in [-0.25, -0.2) is 8.42 Å². The fraction of sp³-hybridized carbons (Fsp3) is 0.312. The molecule has 1 saturated heterocycles. The SMILES string of the molecule is O=C(N[C@H]1CCS(=O)(=O)C1)c1ccc(Cn2cccc2)cc1. The minimum Gasteiger partial charge on any atom is -0.350 e. The van der Waals surface area contributed by atoms with Crippen molar-refractivity contribution >= 4 is 15.7 Å². The third kappa shape index (κ3) is 3.57. The molecule has 1 N–H and O–H groups in total. The molecule has 116 valence electrons. The van der Waals surface area contributed by atoms with Gasteiger partial charge in [0.2, 0.25) is 0 Å². The predicted molar refractivity (Wildman–Crippen MR) is 84.5 cm³/mol. The second-order valence-electron chi connectivity index (χ2n) is 5.63. The number of rotatable bonds is 4. The van der Waals surface area contributed by atoms with Crippen molar-refractivity contribution in [2.75, 3.05) is 11.5 Å². The van der Waals surface area contributed by atoms with Crippen LogP contribution in [0.25, 0.3) is 0 Å². The smallest absolute Gasteiger partial charge is 0.251 e. The van der Waals surface area contributed by atoms with Gasteiger partial charge in [0.1, 0.15) is 0 Å². The molecule has 1 aromatic carbocycles. The first-order valence-electron chi connectivity index (χ1n) is 7.23. The molecule has 6 heteroatoms. The number of carbonyl (C=O) groups is 1. The average Bonchev–Trinajstić information content (AvgIpc) is 3.09. The number of hydrogen-bond acceptors (Lipinski definition) is 3. The molecule has 0 aliphatic carbocycles. The van der Waals surface area contributed by atoms with Gasteiger partial charge in [-0.2, -0.15) is 0 Å².